The second-order valence-electron chi connectivity index (χ2n) is 13.3. The highest BCUT2D eigenvalue weighted by atomic mass is 31.2. The molecule has 5 N–H and O–H groups in total. The Morgan fingerprint density at radius 2 is 1.42 bits per heavy atom. The number of hydrogen-bond acceptors (Lipinski definition) is 11. The molecule has 2 aromatic heterocycles. The molecule has 0 saturated carbocycles. The largest absolute Gasteiger partial charge is 0.464 e. The zero-order chi connectivity index (χ0) is 37.5. The van der Waals surface area contributed by atoms with Gasteiger partial charge in [0.1, 0.15) is 18.4 Å². The van der Waals surface area contributed by atoms with Crippen molar-refractivity contribution in [2.24, 2.45) is 11.8 Å². The number of imidazole rings is 1. The molecule has 4 rings (SSSR count). The summed E-state index contributed by atoms with van der Waals surface area (Å²) in [5, 5.41) is 9.23. The minimum absolute atomic E-state index is 0. The lowest BCUT2D eigenvalue weighted by Crippen LogP contribution is -2.46. The summed E-state index contributed by atoms with van der Waals surface area (Å²) in [7, 11) is -3.90. The Morgan fingerprint density at radius 3 is 1.91 bits per heavy atom. The monoisotopic (exact) mass is 750 g/mol. The number of carbonyl (C=O) groups excluding carboxylic acids is 2. The van der Waals surface area contributed by atoms with Crippen LogP contribution in [0.25, 0.3) is 11.2 Å². The third-order valence-electron chi connectivity index (χ3n) is 7.63. The van der Waals surface area contributed by atoms with Gasteiger partial charge in [0.15, 0.2) is 17.0 Å². The lowest BCUT2D eigenvalue weighted by molar-refractivity contribution is -0.147. The van der Waals surface area contributed by atoms with E-state index < -0.39 is 31.5 Å². The first-order valence-corrected chi connectivity index (χ1v) is 19.3. The van der Waals surface area contributed by atoms with Crippen LogP contribution in [0.2, 0.25) is 0 Å². The van der Waals surface area contributed by atoms with Crippen molar-refractivity contribution in [3.05, 3.63) is 90.8 Å². The number of esters is 2. The van der Waals surface area contributed by atoms with E-state index in [0.717, 1.165) is 11.1 Å². The number of nitrogens with two attached hydrogens (primary N) is 1. The fourth-order valence-electron chi connectivity index (χ4n) is 5.15. The van der Waals surface area contributed by atoms with Crippen molar-refractivity contribution in [2.75, 3.05) is 43.8 Å². The minimum atomic E-state index is -3.90. The van der Waals surface area contributed by atoms with Crippen LogP contribution in [0.15, 0.2) is 79.6 Å². The molecule has 0 bridgehead atoms. The number of aromatic nitrogens is 4. The van der Waals surface area contributed by atoms with Crippen LogP contribution in [0.3, 0.4) is 0 Å². The molecule has 0 aliphatic carbocycles. The molecule has 2 unspecified atom stereocenters. The van der Waals surface area contributed by atoms with Crippen molar-refractivity contribution in [1.82, 2.24) is 29.7 Å². The Labute approximate surface area is 312 Å². The first-order valence-electron chi connectivity index (χ1n) is 17.4. The molecule has 0 fully saturated rings. The zero-order valence-electron chi connectivity index (χ0n) is 30.4. The molecule has 0 aliphatic heterocycles. The molecule has 14 nitrogen and oxygen atoms in total. The molecule has 0 spiro atoms. The van der Waals surface area contributed by atoms with E-state index in [1.165, 1.54) is 0 Å². The van der Waals surface area contributed by atoms with Gasteiger partial charge in [-0.2, -0.15) is 9.97 Å². The smallest absolute Gasteiger partial charge is 0.323 e. The van der Waals surface area contributed by atoms with Crippen LogP contribution in [0.4, 0.5) is 11.8 Å². The first-order chi connectivity index (χ1) is 25.0. The molecule has 0 amide bonds. The van der Waals surface area contributed by atoms with Crippen molar-refractivity contribution in [3.63, 3.8) is 0 Å². The lowest BCUT2D eigenvalue weighted by atomic mass is 10.1. The molecule has 2 atom stereocenters. The standard InChI is InChI=1S/C37H51N8O6P.CH4/c1-6-17-39-33-32-34(42-37(38)41-33)45(24-40-32)18-19-49-25-52(48,43-30(35(46)50-22-26(2)3)20-28-13-9-7-10-14-28)44-31(36(47)51-23-27(4)5)21-29-15-11-8-12-16-29;/h6-16,24,26-27,30-31H,1,17-23,25H2,2-5H3,(H2,43,44,48)(H3,38,39,41,42);1H4. The van der Waals surface area contributed by atoms with Gasteiger partial charge in [0, 0.05) is 13.1 Å². The quantitative estimate of drug-likeness (QED) is 0.0337. The summed E-state index contributed by atoms with van der Waals surface area (Å²) in [5.74, 6) is -0.400. The summed E-state index contributed by atoms with van der Waals surface area (Å²) >= 11 is 0. The Hall–Kier alpha value is -4.62. The molecular formula is C38H55N8O6P. The third-order valence-corrected chi connectivity index (χ3v) is 9.63. The number of anilines is 2. The first kappa shape index (κ1) is 42.8. The van der Waals surface area contributed by atoms with Gasteiger partial charge in [-0.15, -0.1) is 6.58 Å². The summed E-state index contributed by atoms with van der Waals surface area (Å²) in [4.78, 5) is 40.1. The van der Waals surface area contributed by atoms with E-state index in [-0.39, 0.29) is 70.8 Å². The van der Waals surface area contributed by atoms with E-state index in [0.29, 0.717) is 23.5 Å². The third kappa shape index (κ3) is 13.7. The SMILES string of the molecule is C.C=CCNc1nc(N)nc2c1ncn2CCOCP(=O)(NC(Cc1ccccc1)C(=O)OCC(C)C)NC(Cc1ccccc1)C(=O)OCC(C)C. The molecule has 0 aliphatic rings. The van der Waals surface area contributed by atoms with Gasteiger partial charge in [-0.3, -0.25) is 14.2 Å². The second-order valence-corrected chi connectivity index (χ2v) is 15.5. The van der Waals surface area contributed by atoms with Gasteiger partial charge < -0.3 is 29.8 Å². The van der Waals surface area contributed by atoms with Crippen LogP contribution >= 0.6 is 7.44 Å². The van der Waals surface area contributed by atoms with E-state index in [2.05, 4.69) is 37.0 Å². The van der Waals surface area contributed by atoms with Gasteiger partial charge in [-0.25, -0.2) is 15.2 Å². The van der Waals surface area contributed by atoms with Gasteiger partial charge in [-0.1, -0.05) is 102 Å². The topological polar surface area (TPSA) is 185 Å². The van der Waals surface area contributed by atoms with Crippen LogP contribution in [0, 0.1) is 11.8 Å². The molecule has 0 radical (unpaired) electrons. The summed E-state index contributed by atoms with van der Waals surface area (Å²) < 4.78 is 34.1. The predicted octanol–water partition coefficient (Wildman–Crippen LogP) is 5.61. The molecule has 15 heteroatoms. The van der Waals surface area contributed by atoms with Gasteiger partial charge >= 0.3 is 11.9 Å². The maximum atomic E-state index is 15.0. The van der Waals surface area contributed by atoms with Gasteiger partial charge in [-0.05, 0) is 35.8 Å². The van der Waals surface area contributed by atoms with Gasteiger partial charge in [0.05, 0.1) is 26.1 Å². The number of nitrogen functional groups attached to an aromatic ring is 1. The van der Waals surface area contributed by atoms with E-state index in [9.17, 15) is 9.59 Å². The van der Waals surface area contributed by atoms with Crippen molar-refractivity contribution in [2.45, 2.75) is 66.6 Å². The molecule has 0 saturated heterocycles. The van der Waals surface area contributed by atoms with E-state index >= 15 is 4.57 Å². The lowest BCUT2D eigenvalue weighted by Gasteiger charge is -2.29. The number of carbonyl (C=O) groups is 2. The molecule has 4 aromatic rings. The maximum Gasteiger partial charge on any atom is 0.323 e. The van der Waals surface area contributed by atoms with Crippen LogP contribution < -0.4 is 21.2 Å². The molecular weight excluding hydrogens is 695 g/mol. The van der Waals surface area contributed by atoms with Crippen LogP contribution in [-0.2, 0) is 47.8 Å². The predicted molar refractivity (Wildman–Crippen MR) is 209 cm³/mol. The number of hydrogen-bond donors (Lipinski definition) is 4. The number of ether oxygens (including phenoxy) is 3. The Morgan fingerprint density at radius 1 is 0.887 bits per heavy atom. The van der Waals surface area contributed by atoms with E-state index in [4.69, 9.17) is 19.9 Å². The highest BCUT2D eigenvalue weighted by Gasteiger charge is 2.36. The Bertz CT molecular complexity index is 1710. The van der Waals surface area contributed by atoms with Crippen LogP contribution in [-0.4, -0.2) is 76.3 Å². The maximum absolute atomic E-state index is 15.0. The van der Waals surface area contributed by atoms with Gasteiger partial charge in [0.2, 0.25) is 13.4 Å². The number of nitrogens with zero attached hydrogens (tertiary/aromatic N) is 4. The average Bonchev–Trinajstić information content (AvgIpc) is 3.53. The fraction of sp³-hybridized carbons (Fsp3) is 0.447. The van der Waals surface area contributed by atoms with Crippen molar-refractivity contribution in [3.8, 4) is 0 Å². The number of fused-ring (bicyclic) bond motifs is 1. The molecule has 53 heavy (non-hydrogen) atoms. The summed E-state index contributed by atoms with van der Waals surface area (Å²) in [6.45, 7) is 12.7. The van der Waals surface area contributed by atoms with E-state index in [1.807, 2.05) is 88.4 Å². The summed E-state index contributed by atoms with van der Waals surface area (Å²) in [6, 6.07) is 16.7. The highest BCUT2D eigenvalue weighted by Crippen LogP contribution is 2.39. The minimum Gasteiger partial charge on any atom is -0.464 e. The molecule has 288 valence electrons. The Kier molecular flexibility index (Phi) is 17.1. The van der Waals surface area contributed by atoms with Crippen LogP contribution in [0.5, 0.6) is 0 Å². The van der Waals surface area contributed by atoms with Crippen molar-refractivity contribution in [1.29, 1.82) is 0 Å². The van der Waals surface area contributed by atoms with Crippen molar-refractivity contribution < 1.29 is 28.4 Å². The molecule has 2 aromatic carbocycles. The summed E-state index contributed by atoms with van der Waals surface area (Å²) in [6.07, 6.45) is 3.30. The van der Waals surface area contributed by atoms with Crippen LogP contribution in [0.1, 0.15) is 46.2 Å². The zero-order valence-corrected chi connectivity index (χ0v) is 31.3. The van der Waals surface area contributed by atoms with Gasteiger partial charge in [0.25, 0.3) is 0 Å². The fourth-order valence-corrected chi connectivity index (χ4v) is 7.16. The number of benzene rings is 2. The second kappa shape index (κ2) is 21.2. The van der Waals surface area contributed by atoms with Crippen molar-refractivity contribution >= 4 is 42.3 Å². The highest BCUT2D eigenvalue weighted by molar-refractivity contribution is 7.59. The number of rotatable bonds is 22. The normalized spacial score (nSPS) is 13.5. The number of nitrogens with one attached hydrogen (secondary N) is 3. The Balaban J connectivity index is 0.00000756. The average molecular weight is 751 g/mol. The molecule has 2 heterocycles. The van der Waals surface area contributed by atoms with E-state index in [1.54, 1.807) is 17.0 Å². The summed E-state index contributed by atoms with van der Waals surface area (Å²) in [5.41, 5.74) is 8.66.